The predicted molar refractivity (Wildman–Crippen MR) is 86.3 cm³/mol. The maximum Gasteiger partial charge on any atom is 0.337 e. The van der Waals surface area contributed by atoms with Crippen molar-refractivity contribution in [3.8, 4) is 5.75 Å². The Kier molecular flexibility index (Phi) is 5.39. The molecule has 0 aliphatic rings. The van der Waals surface area contributed by atoms with Crippen LogP contribution in [0.25, 0.3) is 0 Å². The lowest BCUT2D eigenvalue weighted by Crippen LogP contribution is -2.35. The standard InChI is InChI=1S/C13H11ClN4O6S/c1-24-8-6-15-12(16-10(8)14)17-13(21)18-25(22,23)9-5-3-2-4-7(9)11(19)20/h2-6H,1H3,(H,19,20)(H2,15,16,17,18,21). The summed E-state index contributed by atoms with van der Waals surface area (Å²) in [6.45, 7) is 0. The van der Waals surface area contributed by atoms with Gasteiger partial charge in [0.15, 0.2) is 10.9 Å². The van der Waals surface area contributed by atoms with E-state index in [0.29, 0.717) is 0 Å². The zero-order valence-corrected chi connectivity index (χ0v) is 14.1. The van der Waals surface area contributed by atoms with Crippen molar-refractivity contribution in [1.82, 2.24) is 14.7 Å². The topological polar surface area (TPSA) is 148 Å². The molecule has 0 saturated carbocycles. The Bertz CT molecular complexity index is 934. The van der Waals surface area contributed by atoms with Gasteiger partial charge in [0, 0.05) is 0 Å². The van der Waals surface area contributed by atoms with Gasteiger partial charge in [-0.15, -0.1) is 0 Å². The van der Waals surface area contributed by atoms with Crippen molar-refractivity contribution in [3.63, 3.8) is 0 Å². The number of ether oxygens (including phenoxy) is 1. The molecule has 0 fully saturated rings. The van der Waals surface area contributed by atoms with Gasteiger partial charge < -0.3 is 9.84 Å². The minimum Gasteiger partial charge on any atom is -0.492 e. The van der Waals surface area contributed by atoms with Gasteiger partial charge >= 0.3 is 12.0 Å². The van der Waals surface area contributed by atoms with Crippen LogP contribution in [0, 0.1) is 0 Å². The number of nitrogens with zero attached hydrogens (tertiary/aromatic N) is 2. The van der Waals surface area contributed by atoms with Crippen LogP contribution in [0.2, 0.25) is 5.15 Å². The number of urea groups is 1. The molecule has 0 atom stereocenters. The summed E-state index contributed by atoms with van der Waals surface area (Å²) in [4.78, 5) is 29.8. The third-order valence-corrected chi connectivity index (χ3v) is 4.45. The lowest BCUT2D eigenvalue weighted by Gasteiger charge is -2.10. The van der Waals surface area contributed by atoms with E-state index in [1.165, 1.54) is 25.4 Å². The number of halogens is 1. The highest BCUT2D eigenvalue weighted by atomic mass is 35.5. The van der Waals surface area contributed by atoms with Crippen LogP contribution in [-0.2, 0) is 10.0 Å². The van der Waals surface area contributed by atoms with Crippen LogP contribution in [0.15, 0.2) is 35.4 Å². The molecule has 1 aromatic carbocycles. The molecule has 10 nitrogen and oxygen atoms in total. The predicted octanol–water partition coefficient (Wildman–Crippen LogP) is 1.35. The second-order valence-corrected chi connectivity index (χ2v) is 6.42. The largest absolute Gasteiger partial charge is 0.492 e. The SMILES string of the molecule is COc1cnc(NC(=O)NS(=O)(=O)c2ccccc2C(=O)O)nc1Cl. The molecule has 1 aromatic heterocycles. The first-order valence-corrected chi connectivity index (χ1v) is 8.33. The first-order valence-electron chi connectivity index (χ1n) is 6.47. The summed E-state index contributed by atoms with van der Waals surface area (Å²) in [5.41, 5.74) is -0.480. The molecule has 25 heavy (non-hydrogen) atoms. The van der Waals surface area contributed by atoms with Crippen molar-refractivity contribution in [2.45, 2.75) is 4.90 Å². The summed E-state index contributed by atoms with van der Waals surface area (Å²) in [7, 11) is -3.09. The van der Waals surface area contributed by atoms with Crippen molar-refractivity contribution < 1.29 is 27.9 Å². The summed E-state index contributed by atoms with van der Waals surface area (Å²) in [6.07, 6.45) is 1.18. The number of rotatable bonds is 5. The average molecular weight is 387 g/mol. The van der Waals surface area contributed by atoms with Crippen LogP contribution >= 0.6 is 11.6 Å². The fourth-order valence-corrected chi connectivity index (χ4v) is 3.04. The van der Waals surface area contributed by atoms with E-state index in [2.05, 4.69) is 15.3 Å². The number of carbonyl (C=O) groups is 2. The highest BCUT2D eigenvalue weighted by molar-refractivity contribution is 7.90. The summed E-state index contributed by atoms with van der Waals surface area (Å²) >= 11 is 5.77. The number of amides is 2. The molecule has 0 bridgehead atoms. The number of anilines is 1. The molecule has 2 amide bonds. The van der Waals surface area contributed by atoms with Crippen molar-refractivity contribution in [3.05, 3.63) is 41.2 Å². The molecule has 132 valence electrons. The van der Waals surface area contributed by atoms with Gasteiger partial charge in [0.05, 0.1) is 18.9 Å². The maximum atomic E-state index is 12.2. The minimum absolute atomic E-state index is 0.0909. The molecule has 0 aliphatic heterocycles. The van der Waals surface area contributed by atoms with Gasteiger partial charge in [0.25, 0.3) is 10.0 Å². The van der Waals surface area contributed by atoms with Gasteiger partial charge in [-0.3, -0.25) is 5.32 Å². The van der Waals surface area contributed by atoms with Crippen LogP contribution < -0.4 is 14.8 Å². The van der Waals surface area contributed by atoms with Gasteiger partial charge in [-0.1, -0.05) is 23.7 Å². The molecule has 3 N–H and O–H groups in total. The third-order valence-electron chi connectivity index (χ3n) is 2.79. The summed E-state index contributed by atoms with van der Waals surface area (Å²) in [5, 5.41) is 11.0. The monoisotopic (exact) mass is 386 g/mol. The number of sulfonamides is 1. The summed E-state index contributed by atoms with van der Waals surface area (Å²) in [6, 6.07) is 3.64. The number of benzene rings is 1. The molecule has 0 saturated heterocycles. The Morgan fingerprint density at radius 3 is 2.56 bits per heavy atom. The zero-order chi connectivity index (χ0) is 18.6. The molecule has 2 aromatic rings. The quantitative estimate of drug-likeness (QED) is 0.652. The summed E-state index contributed by atoms with van der Waals surface area (Å²) < 4.78 is 30.9. The fourth-order valence-electron chi connectivity index (χ4n) is 1.73. The molecule has 0 spiro atoms. The van der Waals surface area contributed by atoms with Crippen LogP contribution in [0.1, 0.15) is 10.4 Å². The molecule has 0 radical (unpaired) electrons. The number of carboxylic acid groups (broad SMARTS) is 1. The van der Waals surface area contributed by atoms with E-state index >= 15 is 0 Å². The number of carbonyl (C=O) groups excluding carboxylic acids is 1. The first kappa shape index (κ1) is 18.4. The van der Waals surface area contributed by atoms with Gasteiger partial charge in [0.1, 0.15) is 4.90 Å². The first-order chi connectivity index (χ1) is 11.7. The highest BCUT2D eigenvalue weighted by Gasteiger charge is 2.24. The van der Waals surface area contributed by atoms with E-state index in [0.717, 1.165) is 12.1 Å². The van der Waals surface area contributed by atoms with Crippen LogP contribution in [-0.4, -0.2) is 42.6 Å². The normalized spacial score (nSPS) is 10.8. The number of carboxylic acids is 1. The van der Waals surface area contributed by atoms with E-state index in [-0.39, 0.29) is 16.9 Å². The van der Waals surface area contributed by atoms with E-state index in [1.54, 1.807) is 4.72 Å². The van der Waals surface area contributed by atoms with Gasteiger partial charge in [-0.25, -0.2) is 27.7 Å². The number of hydrogen-bond donors (Lipinski definition) is 3. The second kappa shape index (κ2) is 7.32. The Morgan fingerprint density at radius 1 is 1.28 bits per heavy atom. The lowest BCUT2D eigenvalue weighted by molar-refractivity contribution is 0.0692. The zero-order valence-electron chi connectivity index (χ0n) is 12.6. The number of aromatic carboxylic acids is 1. The van der Waals surface area contributed by atoms with Crippen molar-refractivity contribution in [2.75, 3.05) is 12.4 Å². The van der Waals surface area contributed by atoms with Crippen LogP contribution in [0.4, 0.5) is 10.7 Å². The smallest absolute Gasteiger partial charge is 0.337 e. The number of methoxy groups -OCH3 is 1. The Balaban J connectivity index is 2.20. The Labute approximate surface area is 146 Å². The van der Waals surface area contributed by atoms with Crippen LogP contribution in [0.5, 0.6) is 5.75 Å². The van der Waals surface area contributed by atoms with Crippen LogP contribution in [0.3, 0.4) is 0 Å². The van der Waals surface area contributed by atoms with E-state index in [1.807, 2.05) is 0 Å². The Morgan fingerprint density at radius 2 is 1.96 bits per heavy atom. The number of nitrogens with one attached hydrogen (secondary N) is 2. The molecular formula is C13H11ClN4O6S. The third kappa shape index (κ3) is 4.33. The number of aromatic nitrogens is 2. The molecule has 12 heteroatoms. The van der Waals surface area contributed by atoms with E-state index in [4.69, 9.17) is 21.4 Å². The van der Waals surface area contributed by atoms with Gasteiger partial charge in [-0.05, 0) is 12.1 Å². The molecule has 2 rings (SSSR count). The van der Waals surface area contributed by atoms with Crippen molar-refractivity contribution in [1.29, 1.82) is 0 Å². The van der Waals surface area contributed by atoms with Gasteiger partial charge in [0.2, 0.25) is 5.95 Å². The lowest BCUT2D eigenvalue weighted by atomic mass is 10.2. The molecule has 1 heterocycles. The molecular weight excluding hydrogens is 376 g/mol. The molecule has 0 aliphatic carbocycles. The maximum absolute atomic E-state index is 12.2. The highest BCUT2D eigenvalue weighted by Crippen LogP contribution is 2.21. The van der Waals surface area contributed by atoms with Gasteiger partial charge in [-0.2, -0.15) is 4.98 Å². The fraction of sp³-hybridized carbons (Fsp3) is 0.0769. The Hall–Kier alpha value is -2.92. The van der Waals surface area contributed by atoms with E-state index < -0.39 is 32.5 Å². The van der Waals surface area contributed by atoms with Crippen molar-refractivity contribution in [2.24, 2.45) is 0 Å². The minimum atomic E-state index is -4.43. The number of hydrogen-bond acceptors (Lipinski definition) is 7. The summed E-state index contributed by atoms with van der Waals surface area (Å²) in [5.74, 6) is -1.56. The average Bonchev–Trinajstić information content (AvgIpc) is 2.54. The second-order valence-electron chi connectivity index (χ2n) is 4.41. The molecule has 0 unspecified atom stereocenters. The van der Waals surface area contributed by atoms with E-state index in [9.17, 15) is 18.0 Å². The van der Waals surface area contributed by atoms with Crippen molar-refractivity contribution >= 4 is 39.6 Å².